The van der Waals surface area contributed by atoms with Gasteiger partial charge in [-0.1, -0.05) is 23.8 Å². The number of likely N-dealkylation sites (N-methyl/N-ethyl adjacent to an activating group) is 1. The molecule has 2 N–H and O–H groups in total. The lowest BCUT2D eigenvalue weighted by molar-refractivity contribution is -0.138. The van der Waals surface area contributed by atoms with Crippen LogP contribution in [0.15, 0.2) is 52.5 Å². The molecule has 0 spiro atoms. The number of alkyl halides is 3. The lowest BCUT2D eigenvalue weighted by Crippen LogP contribution is -2.57. The maximum Gasteiger partial charge on any atom is 0.416 e. The third kappa shape index (κ3) is 5.32. The molecule has 198 valence electrons. The van der Waals surface area contributed by atoms with E-state index >= 15 is 0 Å². The topological polar surface area (TPSA) is 91.6 Å². The Kier molecular flexibility index (Phi) is 7.01. The van der Waals surface area contributed by atoms with Crippen LogP contribution in [0.25, 0.3) is 17.0 Å². The van der Waals surface area contributed by atoms with Gasteiger partial charge >= 0.3 is 6.18 Å². The molecule has 1 saturated heterocycles. The number of amidine groups is 1. The number of nitrogens with zero attached hydrogens (tertiary/aromatic N) is 4. The second kappa shape index (κ2) is 10.3. The second-order valence-electron chi connectivity index (χ2n) is 9.16. The molecule has 3 aromatic rings. The van der Waals surface area contributed by atoms with Gasteiger partial charge in [-0.2, -0.15) is 23.3 Å². The van der Waals surface area contributed by atoms with Crippen LogP contribution in [-0.2, 0) is 22.3 Å². The highest BCUT2D eigenvalue weighted by Gasteiger charge is 2.34. The molecule has 1 fully saturated rings. The van der Waals surface area contributed by atoms with Crippen LogP contribution >= 0.6 is 11.8 Å². The standard InChI is InChI=1S/C26H25F3N6O2S/c1-15-3-5-17(19(9-15)26(27,28)29)13-35-21-6-4-16(10-18(21)12-32-35)11-22-24(37)33-25(38-22)34-8-7-31-20(14-34)23(36)30-2/h3-6,9-12,20,31H,7-8,13-14H2,1-2H3,(H,30,36)/b22-11-/t20-/m1/s1. The van der Waals surface area contributed by atoms with Gasteiger partial charge in [0, 0.05) is 32.1 Å². The summed E-state index contributed by atoms with van der Waals surface area (Å²) in [6.45, 7) is 3.24. The van der Waals surface area contributed by atoms with Crippen LogP contribution < -0.4 is 10.6 Å². The lowest BCUT2D eigenvalue weighted by atomic mass is 10.0. The van der Waals surface area contributed by atoms with E-state index in [1.807, 2.05) is 11.0 Å². The van der Waals surface area contributed by atoms with E-state index in [2.05, 4.69) is 20.7 Å². The quantitative estimate of drug-likeness (QED) is 0.491. The van der Waals surface area contributed by atoms with E-state index in [0.717, 1.165) is 17.0 Å². The first-order valence-corrected chi connectivity index (χ1v) is 12.8. The van der Waals surface area contributed by atoms with Crippen LogP contribution in [0.4, 0.5) is 13.2 Å². The van der Waals surface area contributed by atoms with Crippen molar-refractivity contribution < 1.29 is 22.8 Å². The second-order valence-corrected chi connectivity index (χ2v) is 10.2. The highest BCUT2D eigenvalue weighted by molar-refractivity contribution is 8.18. The smallest absolute Gasteiger partial charge is 0.358 e. The van der Waals surface area contributed by atoms with Crippen LogP contribution in [0, 0.1) is 6.92 Å². The van der Waals surface area contributed by atoms with Crippen molar-refractivity contribution in [2.24, 2.45) is 4.99 Å². The summed E-state index contributed by atoms with van der Waals surface area (Å²) in [5.74, 6) is -0.471. The molecule has 3 heterocycles. The zero-order valence-electron chi connectivity index (χ0n) is 20.7. The van der Waals surface area contributed by atoms with Gasteiger partial charge in [0.25, 0.3) is 5.91 Å². The molecule has 0 saturated carbocycles. The molecule has 5 rings (SSSR count). The molecule has 38 heavy (non-hydrogen) atoms. The zero-order valence-corrected chi connectivity index (χ0v) is 21.5. The van der Waals surface area contributed by atoms with Gasteiger partial charge in [-0.05, 0) is 54.1 Å². The highest BCUT2D eigenvalue weighted by Crippen LogP contribution is 2.34. The predicted octanol–water partition coefficient (Wildman–Crippen LogP) is 3.40. The van der Waals surface area contributed by atoms with Gasteiger partial charge in [-0.3, -0.25) is 14.3 Å². The van der Waals surface area contributed by atoms with Crippen molar-refractivity contribution in [3.8, 4) is 0 Å². The summed E-state index contributed by atoms with van der Waals surface area (Å²) in [5, 5.41) is 11.4. The Bertz CT molecular complexity index is 1480. The van der Waals surface area contributed by atoms with Crippen molar-refractivity contribution in [2.75, 3.05) is 26.7 Å². The van der Waals surface area contributed by atoms with Crippen LogP contribution in [-0.4, -0.2) is 64.4 Å². The van der Waals surface area contributed by atoms with E-state index in [4.69, 9.17) is 0 Å². The molecule has 0 radical (unpaired) electrons. The first-order valence-electron chi connectivity index (χ1n) is 12.0. The minimum absolute atomic E-state index is 0.0215. The number of nitrogens with one attached hydrogen (secondary N) is 2. The molecular formula is C26H25F3N6O2S. The Morgan fingerprint density at radius 3 is 2.84 bits per heavy atom. The molecule has 0 aliphatic carbocycles. The summed E-state index contributed by atoms with van der Waals surface area (Å²) in [6.07, 6.45) is -1.12. The summed E-state index contributed by atoms with van der Waals surface area (Å²) in [6, 6.07) is 9.33. The number of benzene rings is 2. The number of thioether (sulfide) groups is 1. The fraction of sp³-hybridized carbons (Fsp3) is 0.308. The van der Waals surface area contributed by atoms with Crippen LogP contribution in [0.1, 0.15) is 22.3 Å². The molecular weight excluding hydrogens is 517 g/mol. The van der Waals surface area contributed by atoms with Crippen molar-refractivity contribution in [3.05, 3.63) is 69.8 Å². The van der Waals surface area contributed by atoms with E-state index in [0.29, 0.717) is 40.8 Å². The molecule has 12 heteroatoms. The maximum atomic E-state index is 13.6. The molecule has 2 aliphatic heterocycles. The van der Waals surface area contributed by atoms with Crippen molar-refractivity contribution in [1.29, 1.82) is 0 Å². The normalized spacial score (nSPS) is 19.3. The minimum Gasteiger partial charge on any atom is -0.358 e. The number of aromatic nitrogens is 2. The van der Waals surface area contributed by atoms with Gasteiger partial charge < -0.3 is 15.5 Å². The minimum atomic E-state index is -4.45. The summed E-state index contributed by atoms with van der Waals surface area (Å²) in [7, 11) is 1.58. The van der Waals surface area contributed by atoms with E-state index in [9.17, 15) is 22.8 Å². The first-order chi connectivity index (χ1) is 18.1. The van der Waals surface area contributed by atoms with Crippen LogP contribution in [0.2, 0.25) is 0 Å². The number of hydrogen-bond acceptors (Lipinski definition) is 6. The number of carbonyl (C=O) groups excluding carboxylic acids is 2. The van der Waals surface area contributed by atoms with Crippen molar-refractivity contribution in [1.82, 2.24) is 25.3 Å². The van der Waals surface area contributed by atoms with Crippen LogP contribution in [0.3, 0.4) is 0 Å². The number of piperazine rings is 1. The van der Waals surface area contributed by atoms with Gasteiger partial charge in [-0.15, -0.1) is 0 Å². The maximum absolute atomic E-state index is 13.6. The number of halogens is 3. The molecule has 0 unspecified atom stereocenters. The fourth-order valence-electron chi connectivity index (χ4n) is 4.53. The monoisotopic (exact) mass is 542 g/mol. The number of rotatable bonds is 4. The zero-order chi connectivity index (χ0) is 27.0. The third-order valence-corrected chi connectivity index (χ3v) is 7.52. The summed E-state index contributed by atoms with van der Waals surface area (Å²) >= 11 is 1.26. The Morgan fingerprint density at radius 1 is 1.26 bits per heavy atom. The van der Waals surface area contributed by atoms with E-state index in [-0.39, 0.29) is 30.0 Å². The number of hydrogen-bond donors (Lipinski definition) is 2. The van der Waals surface area contributed by atoms with Crippen molar-refractivity contribution >= 4 is 45.7 Å². The molecule has 2 amide bonds. The Hall–Kier alpha value is -3.64. The van der Waals surface area contributed by atoms with E-state index < -0.39 is 11.7 Å². The number of fused-ring (bicyclic) bond motifs is 1. The van der Waals surface area contributed by atoms with Gasteiger partial charge in [0.2, 0.25) is 5.91 Å². The van der Waals surface area contributed by atoms with Gasteiger partial charge in [0.05, 0.1) is 28.7 Å². The molecule has 2 aliphatic rings. The molecule has 2 aromatic carbocycles. The first kappa shape index (κ1) is 26.0. The SMILES string of the molecule is CNC(=O)[C@H]1CN(C2=NC(=O)/C(=C/c3ccc4c(cnn4Cc4ccc(C)cc4C(F)(F)F)c3)S2)CCN1. The van der Waals surface area contributed by atoms with Gasteiger partial charge in [-0.25, -0.2) is 0 Å². The summed E-state index contributed by atoms with van der Waals surface area (Å²) in [4.78, 5) is 31.2. The molecule has 1 aromatic heterocycles. The van der Waals surface area contributed by atoms with Crippen molar-refractivity contribution in [2.45, 2.75) is 25.7 Å². The highest BCUT2D eigenvalue weighted by atomic mass is 32.2. The Labute approximate surface area is 221 Å². The number of carbonyl (C=O) groups is 2. The summed E-state index contributed by atoms with van der Waals surface area (Å²) < 4.78 is 42.2. The third-order valence-electron chi connectivity index (χ3n) is 6.47. The number of aryl methyl sites for hydroxylation is 1. The lowest BCUT2D eigenvalue weighted by Gasteiger charge is -2.33. The van der Waals surface area contributed by atoms with Crippen molar-refractivity contribution in [3.63, 3.8) is 0 Å². The molecule has 0 bridgehead atoms. The van der Waals surface area contributed by atoms with E-state index in [1.54, 1.807) is 44.4 Å². The predicted molar refractivity (Wildman–Crippen MR) is 140 cm³/mol. The average molecular weight is 543 g/mol. The van der Waals surface area contributed by atoms with Gasteiger partial charge in [0.1, 0.15) is 6.04 Å². The number of aliphatic imine (C=N–C) groups is 1. The molecule has 1 atom stereocenters. The average Bonchev–Trinajstić information content (AvgIpc) is 3.46. The molecule has 8 nitrogen and oxygen atoms in total. The van der Waals surface area contributed by atoms with E-state index in [1.165, 1.54) is 22.5 Å². The summed E-state index contributed by atoms with van der Waals surface area (Å²) in [5.41, 5.74) is 1.45. The fourth-order valence-corrected chi connectivity index (χ4v) is 5.48. The Balaban J connectivity index is 1.33. The Morgan fingerprint density at radius 2 is 2.08 bits per heavy atom. The van der Waals surface area contributed by atoms with Gasteiger partial charge in [0.15, 0.2) is 5.17 Å². The van der Waals surface area contributed by atoms with Crippen LogP contribution in [0.5, 0.6) is 0 Å². The largest absolute Gasteiger partial charge is 0.416 e. The number of amides is 2.